The van der Waals surface area contributed by atoms with Crippen LogP contribution < -0.4 is 20.7 Å². The van der Waals surface area contributed by atoms with Gasteiger partial charge in [0, 0.05) is 16.5 Å². The smallest absolute Gasteiger partial charge is 0.182 e. The summed E-state index contributed by atoms with van der Waals surface area (Å²) in [5.74, 6) is 0. The third kappa shape index (κ3) is 4.48. The van der Waals surface area contributed by atoms with Gasteiger partial charge >= 0.3 is 0 Å². The molecule has 4 heteroatoms. The van der Waals surface area contributed by atoms with E-state index in [2.05, 4.69) is 162 Å². The molecule has 224 valence electrons. The van der Waals surface area contributed by atoms with Crippen molar-refractivity contribution < 1.29 is 0 Å². The number of para-hydroxylation sites is 2. The number of benzene rings is 7. The molecular formula is C44H29N3Si. The maximum Gasteiger partial charge on any atom is 0.182 e. The topological polar surface area (TPSA) is 52.5 Å². The lowest BCUT2D eigenvalue weighted by atomic mass is 9.98. The minimum atomic E-state index is -3.16. The van der Waals surface area contributed by atoms with E-state index in [4.69, 9.17) is 0 Å². The molecule has 1 heterocycles. The summed E-state index contributed by atoms with van der Waals surface area (Å²) >= 11 is 0. The summed E-state index contributed by atoms with van der Waals surface area (Å²) in [5, 5.41) is 28.4. The van der Waals surface area contributed by atoms with E-state index < -0.39 is 8.07 Å². The lowest BCUT2D eigenvalue weighted by Gasteiger charge is -2.36. The molecule has 0 fully saturated rings. The molecule has 0 atom stereocenters. The molecular weight excluding hydrogens is 599 g/mol. The second-order valence-corrected chi connectivity index (χ2v) is 15.6. The van der Waals surface area contributed by atoms with Gasteiger partial charge in [0.25, 0.3) is 0 Å². The van der Waals surface area contributed by atoms with Crippen molar-refractivity contribution in [2.45, 2.75) is 0 Å². The second-order valence-electron chi connectivity index (χ2n) is 11.9. The number of nitriles is 2. The molecule has 1 aromatic heterocycles. The Bertz CT molecular complexity index is 2350. The van der Waals surface area contributed by atoms with Crippen LogP contribution in [0.25, 0.3) is 38.6 Å². The molecule has 48 heavy (non-hydrogen) atoms. The average molecular weight is 628 g/mol. The van der Waals surface area contributed by atoms with Crippen LogP contribution in [0.3, 0.4) is 0 Å². The van der Waals surface area contributed by atoms with E-state index in [0.29, 0.717) is 11.1 Å². The van der Waals surface area contributed by atoms with Crippen LogP contribution >= 0.6 is 0 Å². The van der Waals surface area contributed by atoms with E-state index in [9.17, 15) is 10.5 Å². The summed E-state index contributed by atoms with van der Waals surface area (Å²) in [6, 6.07) is 65.7. The Morgan fingerprint density at radius 3 is 1.35 bits per heavy atom. The van der Waals surface area contributed by atoms with Crippen LogP contribution in [0.5, 0.6) is 0 Å². The third-order valence-corrected chi connectivity index (χ3v) is 14.3. The lowest BCUT2D eigenvalue weighted by molar-refractivity contribution is 1.18. The van der Waals surface area contributed by atoms with Gasteiger partial charge in [-0.25, -0.2) is 0 Å². The largest absolute Gasteiger partial charge is 0.309 e. The van der Waals surface area contributed by atoms with Crippen molar-refractivity contribution in [1.29, 1.82) is 10.5 Å². The maximum absolute atomic E-state index is 11.1. The highest BCUT2D eigenvalue weighted by Crippen LogP contribution is 2.33. The average Bonchev–Trinajstić information content (AvgIpc) is 3.51. The van der Waals surface area contributed by atoms with Gasteiger partial charge < -0.3 is 4.57 Å². The predicted octanol–water partition coefficient (Wildman–Crippen LogP) is 7.57. The molecule has 8 rings (SSSR count). The fourth-order valence-electron chi connectivity index (χ4n) is 7.43. The van der Waals surface area contributed by atoms with Gasteiger partial charge in [-0.2, -0.15) is 10.5 Å². The van der Waals surface area contributed by atoms with Crippen LogP contribution in [0.2, 0.25) is 0 Å². The molecule has 0 aliphatic heterocycles. The van der Waals surface area contributed by atoms with E-state index in [1.165, 1.54) is 10.8 Å². The quantitative estimate of drug-likeness (QED) is 0.141. The van der Waals surface area contributed by atoms with E-state index >= 15 is 0 Å². The van der Waals surface area contributed by atoms with Gasteiger partial charge in [-0.3, -0.25) is 0 Å². The Morgan fingerprint density at radius 1 is 0.438 bits per heavy atom. The first-order valence-electron chi connectivity index (χ1n) is 16.0. The summed E-state index contributed by atoms with van der Waals surface area (Å²) in [7, 11) is -3.16. The van der Waals surface area contributed by atoms with Crippen LogP contribution in [0.1, 0.15) is 11.1 Å². The molecule has 0 saturated heterocycles. The Labute approximate surface area is 280 Å². The van der Waals surface area contributed by atoms with Gasteiger partial charge in [-0.1, -0.05) is 146 Å². The molecule has 3 nitrogen and oxygen atoms in total. The first-order valence-corrected chi connectivity index (χ1v) is 18.0. The predicted molar refractivity (Wildman–Crippen MR) is 199 cm³/mol. The molecule has 0 N–H and O–H groups in total. The summed E-state index contributed by atoms with van der Waals surface area (Å²) in [6.45, 7) is 0. The van der Waals surface area contributed by atoms with Crippen molar-refractivity contribution in [3.05, 3.63) is 187 Å². The molecule has 0 aliphatic rings. The molecule has 0 amide bonds. The van der Waals surface area contributed by atoms with Crippen molar-refractivity contribution >= 4 is 50.6 Å². The zero-order valence-corrected chi connectivity index (χ0v) is 27.1. The number of nitrogens with zero attached hydrogens (tertiary/aromatic N) is 3. The zero-order valence-electron chi connectivity index (χ0n) is 26.1. The molecule has 0 saturated carbocycles. The van der Waals surface area contributed by atoms with E-state index in [0.717, 1.165) is 48.6 Å². The van der Waals surface area contributed by atoms with Crippen molar-refractivity contribution in [2.24, 2.45) is 0 Å². The molecule has 0 bridgehead atoms. The second kappa shape index (κ2) is 12.0. The van der Waals surface area contributed by atoms with Gasteiger partial charge in [0.15, 0.2) is 8.07 Å². The van der Waals surface area contributed by atoms with Gasteiger partial charge in [0.2, 0.25) is 0 Å². The minimum Gasteiger partial charge on any atom is -0.309 e. The molecule has 0 radical (unpaired) electrons. The van der Waals surface area contributed by atoms with Gasteiger partial charge in [-0.05, 0) is 62.2 Å². The van der Waals surface area contributed by atoms with Crippen molar-refractivity contribution in [3.8, 4) is 29.0 Å². The Hall–Kier alpha value is -6.46. The van der Waals surface area contributed by atoms with Crippen molar-refractivity contribution in [2.75, 3.05) is 0 Å². The molecule has 0 unspecified atom stereocenters. The fourth-order valence-corrected chi connectivity index (χ4v) is 12.5. The first kappa shape index (κ1) is 29.0. The molecule has 0 spiro atoms. The highest BCUT2D eigenvalue weighted by Gasteiger charge is 2.45. The van der Waals surface area contributed by atoms with Gasteiger partial charge in [0.05, 0.1) is 34.3 Å². The van der Waals surface area contributed by atoms with Crippen molar-refractivity contribution in [3.63, 3.8) is 0 Å². The summed E-state index contributed by atoms with van der Waals surface area (Å²) in [6.07, 6.45) is 0. The number of hydrogen-bond acceptors (Lipinski definition) is 2. The number of hydrogen-bond donors (Lipinski definition) is 0. The monoisotopic (exact) mass is 627 g/mol. The van der Waals surface area contributed by atoms with E-state index in [1.807, 2.05) is 30.3 Å². The highest BCUT2D eigenvalue weighted by molar-refractivity contribution is 7.20. The summed E-state index contributed by atoms with van der Waals surface area (Å²) in [5.41, 5.74) is 6.16. The SMILES string of the molecule is N#Cc1ccc(-c2ccc(-n3c4ccccc4c4ccccc43)cc2)c(C#N)c1[Si](c1ccccc1)(c1ccccc1)c1ccccc1. The summed E-state index contributed by atoms with van der Waals surface area (Å²) < 4.78 is 2.29. The molecule has 7 aromatic carbocycles. The number of fused-ring (bicyclic) bond motifs is 3. The standard InChI is InChI=1S/C44H29N3Si/c45-30-33-26-29-38(32-24-27-34(28-25-32)47-42-22-12-10-20-39(42)40-21-11-13-23-43(40)47)41(31-46)44(33)48(35-14-4-1-5-15-35,36-16-6-2-7-17-36)37-18-8-3-9-19-37/h1-29H. The minimum absolute atomic E-state index is 0.528. The Morgan fingerprint density at radius 2 is 0.896 bits per heavy atom. The van der Waals surface area contributed by atoms with Gasteiger partial charge in [-0.15, -0.1) is 0 Å². The first-order chi connectivity index (χ1) is 23.8. The Balaban J connectivity index is 1.39. The maximum atomic E-state index is 11.1. The molecule has 8 aromatic rings. The lowest BCUT2D eigenvalue weighted by Crippen LogP contribution is -2.76. The fraction of sp³-hybridized carbons (Fsp3) is 0. The highest BCUT2D eigenvalue weighted by atomic mass is 28.3. The van der Waals surface area contributed by atoms with Crippen molar-refractivity contribution in [1.82, 2.24) is 4.57 Å². The summed E-state index contributed by atoms with van der Waals surface area (Å²) in [4.78, 5) is 0. The third-order valence-electron chi connectivity index (χ3n) is 9.45. The zero-order chi connectivity index (χ0) is 32.5. The van der Waals surface area contributed by atoms with Gasteiger partial charge in [0.1, 0.15) is 0 Å². The normalized spacial score (nSPS) is 11.3. The van der Waals surface area contributed by atoms with Crippen LogP contribution in [0.15, 0.2) is 176 Å². The number of aromatic nitrogens is 1. The van der Waals surface area contributed by atoms with E-state index in [1.54, 1.807) is 0 Å². The van der Waals surface area contributed by atoms with Crippen LogP contribution in [-0.4, -0.2) is 12.6 Å². The van der Waals surface area contributed by atoms with Crippen LogP contribution in [0, 0.1) is 22.7 Å². The van der Waals surface area contributed by atoms with Crippen LogP contribution in [-0.2, 0) is 0 Å². The Kier molecular flexibility index (Phi) is 7.27. The van der Waals surface area contributed by atoms with Crippen LogP contribution in [0.4, 0.5) is 0 Å². The van der Waals surface area contributed by atoms with E-state index in [-0.39, 0.29) is 0 Å². The number of rotatable bonds is 6. The molecule has 0 aliphatic carbocycles.